The second kappa shape index (κ2) is 6.32. The third-order valence-corrected chi connectivity index (χ3v) is 3.72. The van der Waals surface area contributed by atoms with Crippen molar-refractivity contribution in [2.45, 2.75) is 38.0 Å². The zero-order valence-corrected chi connectivity index (χ0v) is 11.1. The van der Waals surface area contributed by atoms with Gasteiger partial charge in [0.05, 0.1) is 4.92 Å². The Bertz CT molecular complexity index is 533. The fraction of sp³-hybridized carbons (Fsp3) is 0.400. The Hall–Kier alpha value is -2.17. The monoisotopic (exact) mass is 275 g/mol. The van der Waals surface area contributed by atoms with E-state index < -0.39 is 10.9 Å². The van der Waals surface area contributed by atoms with Gasteiger partial charge < -0.3 is 5.11 Å². The number of carboxylic acids is 1. The molecule has 2 rings (SSSR count). The maximum absolute atomic E-state index is 10.9. The van der Waals surface area contributed by atoms with Gasteiger partial charge in [0.15, 0.2) is 0 Å². The van der Waals surface area contributed by atoms with E-state index in [0.29, 0.717) is 0 Å². The Labute approximate surface area is 117 Å². The van der Waals surface area contributed by atoms with Crippen LogP contribution in [0.1, 0.15) is 43.6 Å². The van der Waals surface area contributed by atoms with Gasteiger partial charge in [0, 0.05) is 24.1 Å². The smallest absolute Gasteiger partial charge is 0.328 e. The Morgan fingerprint density at radius 1 is 1.25 bits per heavy atom. The van der Waals surface area contributed by atoms with Gasteiger partial charge in [0.2, 0.25) is 0 Å². The molecule has 0 bridgehead atoms. The number of carbonyl (C=O) groups is 1. The molecule has 5 nitrogen and oxygen atoms in total. The largest absolute Gasteiger partial charge is 0.478 e. The van der Waals surface area contributed by atoms with Crippen molar-refractivity contribution in [3.05, 3.63) is 51.6 Å². The van der Waals surface area contributed by atoms with E-state index in [9.17, 15) is 14.9 Å². The van der Waals surface area contributed by atoms with Crippen LogP contribution >= 0.6 is 0 Å². The van der Waals surface area contributed by atoms with Gasteiger partial charge in [-0.3, -0.25) is 10.1 Å². The predicted molar refractivity (Wildman–Crippen MR) is 74.6 cm³/mol. The SMILES string of the molecule is O=C(O)/C=C1\CCCCCC1c1ccc([N+](=O)[O-])cc1. The number of hydrogen-bond acceptors (Lipinski definition) is 3. The Kier molecular flexibility index (Phi) is 4.50. The lowest BCUT2D eigenvalue weighted by Gasteiger charge is -2.17. The normalized spacial score (nSPS) is 21.4. The summed E-state index contributed by atoms with van der Waals surface area (Å²) in [5, 5.41) is 19.6. The third kappa shape index (κ3) is 3.44. The molecule has 20 heavy (non-hydrogen) atoms. The summed E-state index contributed by atoms with van der Waals surface area (Å²) in [6.45, 7) is 0. The molecule has 1 aromatic carbocycles. The second-order valence-electron chi connectivity index (χ2n) is 5.06. The van der Waals surface area contributed by atoms with Crippen molar-refractivity contribution < 1.29 is 14.8 Å². The van der Waals surface area contributed by atoms with Crippen molar-refractivity contribution in [2.24, 2.45) is 0 Å². The van der Waals surface area contributed by atoms with Crippen molar-refractivity contribution in [3.8, 4) is 0 Å². The molecular weight excluding hydrogens is 258 g/mol. The van der Waals surface area contributed by atoms with Crippen LogP contribution in [0.15, 0.2) is 35.9 Å². The van der Waals surface area contributed by atoms with Crippen molar-refractivity contribution in [3.63, 3.8) is 0 Å². The molecule has 0 aliphatic heterocycles. The molecule has 1 aliphatic carbocycles. The van der Waals surface area contributed by atoms with E-state index in [0.717, 1.165) is 43.2 Å². The molecule has 0 saturated heterocycles. The molecule has 1 aromatic rings. The first kappa shape index (κ1) is 14.2. The topological polar surface area (TPSA) is 80.4 Å². The molecule has 0 amide bonds. The van der Waals surface area contributed by atoms with Crippen molar-refractivity contribution in [2.75, 3.05) is 0 Å². The van der Waals surface area contributed by atoms with E-state index in [1.54, 1.807) is 12.1 Å². The Morgan fingerprint density at radius 3 is 2.55 bits per heavy atom. The van der Waals surface area contributed by atoms with Gasteiger partial charge in [-0.05, 0) is 24.8 Å². The summed E-state index contributed by atoms with van der Waals surface area (Å²) in [5.74, 6) is -0.858. The van der Waals surface area contributed by atoms with Gasteiger partial charge in [0.25, 0.3) is 5.69 Å². The molecular formula is C15H17NO4. The third-order valence-electron chi connectivity index (χ3n) is 3.72. The number of benzene rings is 1. The quantitative estimate of drug-likeness (QED) is 0.395. The highest BCUT2D eigenvalue weighted by atomic mass is 16.6. The van der Waals surface area contributed by atoms with Gasteiger partial charge in [-0.15, -0.1) is 0 Å². The van der Waals surface area contributed by atoms with E-state index in [4.69, 9.17) is 5.11 Å². The van der Waals surface area contributed by atoms with E-state index in [2.05, 4.69) is 0 Å². The van der Waals surface area contributed by atoms with Gasteiger partial charge in [-0.1, -0.05) is 30.5 Å². The fourth-order valence-corrected chi connectivity index (χ4v) is 2.75. The number of aliphatic carboxylic acids is 1. The van der Waals surface area contributed by atoms with Crippen molar-refractivity contribution in [1.29, 1.82) is 0 Å². The second-order valence-corrected chi connectivity index (χ2v) is 5.06. The number of nitro groups is 1. The summed E-state index contributed by atoms with van der Waals surface area (Å²) in [7, 11) is 0. The first-order valence-corrected chi connectivity index (χ1v) is 6.75. The summed E-state index contributed by atoms with van der Waals surface area (Å²) < 4.78 is 0. The molecule has 106 valence electrons. The zero-order valence-electron chi connectivity index (χ0n) is 11.1. The highest BCUT2D eigenvalue weighted by Gasteiger charge is 2.20. The first-order chi connectivity index (χ1) is 9.58. The molecule has 0 heterocycles. The maximum atomic E-state index is 10.9. The summed E-state index contributed by atoms with van der Waals surface area (Å²) in [6.07, 6.45) is 6.14. The van der Waals surface area contributed by atoms with Gasteiger partial charge in [0.1, 0.15) is 0 Å². The van der Waals surface area contributed by atoms with Crippen LogP contribution < -0.4 is 0 Å². The highest BCUT2D eigenvalue weighted by molar-refractivity contribution is 5.81. The van der Waals surface area contributed by atoms with Crippen LogP contribution in [0.2, 0.25) is 0 Å². The minimum Gasteiger partial charge on any atom is -0.478 e. The van der Waals surface area contributed by atoms with Crippen LogP contribution in [0, 0.1) is 10.1 Å². The average molecular weight is 275 g/mol. The number of nitrogens with zero attached hydrogens (tertiary/aromatic N) is 1. The molecule has 5 heteroatoms. The van der Waals surface area contributed by atoms with Gasteiger partial charge >= 0.3 is 5.97 Å². The molecule has 1 unspecified atom stereocenters. The summed E-state index contributed by atoms with van der Waals surface area (Å²) in [6, 6.07) is 6.45. The number of rotatable bonds is 3. The summed E-state index contributed by atoms with van der Waals surface area (Å²) >= 11 is 0. The standard InChI is InChI=1S/C15H17NO4/c17-15(18)10-12-4-2-1-3-5-14(12)11-6-8-13(9-7-11)16(19)20/h6-10,14H,1-5H2,(H,17,18)/b12-10+. The van der Waals surface area contributed by atoms with Crippen LogP contribution in [0.5, 0.6) is 0 Å². The van der Waals surface area contributed by atoms with E-state index >= 15 is 0 Å². The Morgan fingerprint density at radius 2 is 1.95 bits per heavy atom. The first-order valence-electron chi connectivity index (χ1n) is 6.75. The predicted octanol–water partition coefficient (Wildman–Crippen LogP) is 3.65. The van der Waals surface area contributed by atoms with Crippen molar-refractivity contribution >= 4 is 11.7 Å². The number of non-ortho nitro benzene ring substituents is 1. The molecule has 1 fully saturated rings. The number of hydrogen-bond donors (Lipinski definition) is 1. The van der Waals surface area contributed by atoms with Crippen LogP contribution in [0.4, 0.5) is 5.69 Å². The lowest BCUT2D eigenvalue weighted by Crippen LogP contribution is -2.04. The van der Waals surface area contributed by atoms with Crippen LogP contribution in [-0.4, -0.2) is 16.0 Å². The maximum Gasteiger partial charge on any atom is 0.328 e. The van der Waals surface area contributed by atoms with Crippen LogP contribution in [0.25, 0.3) is 0 Å². The minimum atomic E-state index is -0.922. The zero-order chi connectivity index (χ0) is 14.5. The van der Waals surface area contributed by atoms with Gasteiger partial charge in [-0.2, -0.15) is 0 Å². The van der Waals surface area contributed by atoms with Crippen molar-refractivity contribution in [1.82, 2.24) is 0 Å². The molecule has 1 saturated carbocycles. The average Bonchev–Trinajstić information content (AvgIpc) is 2.63. The van der Waals surface area contributed by atoms with Crippen LogP contribution in [0.3, 0.4) is 0 Å². The van der Waals surface area contributed by atoms with Crippen LogP contribution in [-0.2, 0) is 4.79 Å². The van der Waals surface area contributed by atoms with E-state index in [-0.39, 0.29) is 11.6 Å². The molecule has 1 aliphatic rings. The lowest BCUT2D eigenvalue weighted by atomic mass is 9.87. The fourth-order valence-electron chi connectivity index (χ4n) is 2.75. The van der Waals surface area contributed by atoms with Gasteiger partial charge in [-0.25, -0.2) is 4.79 Å². The number of carboxylic acid groups (broad SMARTS) is 1. The minimum absolute atomic E-state index is 0.0612. The van der Waals surface area contributed by atoms with E-state index in [1.807, 2.05) is 0 Å². The molecule has 0 aromatic heterocycles. The Balaban J connectivity index is 2.30. The highest BCUT2D eigenvalue weighted by Crippen LogP contribution is 2.36. The summed E-state index contributed by atoms with van der Waals surface area (Å²) in [4.78, 5) is 21.2. The summed E-state index contributed by atoms with van der Waals surface area (Å²) in [5.41, 5.74) is 1.94. The van der Waals surface area contributed by atoms with E-state index in [1.165, 1.54) is 18.2 Å². The molecule has 0 radical (unpaired) electrons. The number of allylic oxidation sites excluding steroid dienone is 1. The molecule has 1 atom stereocenters. The number of nitro benzene ring substituents is 1. The molecule has 1 N–H and O–H groups in total. The molecule has 0 spiro atoms. The lowest BCUT2D eigenvalue weighted by molar-refractivity contribution is -0.384.